The van der Waals surface area contributed by atoms with E-state index in [4.69, 9.17) is 4.74 Å². The first-order chi connectivity index (χ1) is 11.8. The minimum atomic E-state index is 0.189. The molecule has 1 amide bonds. The van der Waals surface area contributed by atoms with Gasteiger partial charge in [-0.2, -0.15) is 0 Å². The molecule has 5 heteroatoms. The van der Waals surface area contributed by atoms with E-state index in [-0.39, 0.29) is 5.91 Å². The summed E-state index contributed by atoms with van der Waals surface area (Å²) in [4.78, 5) is 23.1. The molecule has 1 saturated heterocycles. The molecule has 2 aromatic rings. The highest BCUT2D eigenvalue weighted by Gasteiger charge is 2.22. The van der Waals surface area contributed by atoms with Crippen molar-refractivity contribution < 1.29 is 9.53 Å². The molecule has 0 bridgehead atoms. The van der Waals surface area contributed by atoms with E-state index in [1.54, 1.807) is 12.4 Å². The summed E-state index contributed by atoms with van der Waals surface area (Å²) in [6.07, 6.45) is 9.66. The maximum Gasteiger partial charge on any atom is 0.223 e. The highest BCUT2D eigenvalue weighted by Crippen LogP contribution is 2.21. The maximum atomic E-state index is 12.9. The van der Waals surface area contributed by atoms with Crippen LogP contribution in [0, 0.1) is 5.92 Å². The van der Waals surface area contributed by atoms with Crippen LogP contribution >= 0.6 is 0 Å². The zero-order chi connectivity index (χ0) is 16.6. The largest absolute Gasteiger partial charge is 0.381 e. The Morgan fingerprint density at radius 1 is 1.04 bits per heavy atom. The highest BCUT2D eigenvalue weighted by molar-refractivity contribution is 5.76. The van der Waals surface area contributed by atoms with E-state index in [1.807, 2.05) is 41.6 Å². The van der Waals surface area contributed by atoms with Crippen molar-refractivity contribution in [2.24, 2.45) is 5.92 Å². The number of ether oxygens (including phenoxy) is 1. The lowest BCUT2D eigenvalue weighted by Crippen LogP contribution is -2.32. The minimum Gasteiger partial charge on any atom is -0.381 e. The van der Waals surface area contributed by atoms with Crippen molar-refractivity contribution in [3.8, 4) is 0 Å². The van der Waals surface area contributed by atoms with Gasteiger partial charge in [-0.05, 0) is 42.0 Å². The van der Waals surface area contributed by atoms with Crippen LogP contribution in [0.3, 0.4) is 0 Å². The minimum absolute atomic E-state index is 0.189. The van der Waals surface area contributed by atoms with Crippen molar-refractivity contribution in [1.29, 1.82) is 0 Å². The molecular formula is C19H23N3O2. The second-order valence-electron chi connectivity index (χ2n) is 6.23. The molecule has 0 unspecified atom stereocenters. The number of amides is 1. The molecule has 3 rings (SSSR count). The molecule has 0 spiro atoms. The SMILES string of the molecule is O=C(CC1CCOCC1)N(Cc1cccnc1)Cc1cccnc1. The Balaban J connectivity index is 1.69. The average Bonchev–Trinajstić information content (AvgIpc) is 2.64. The van der Waals surface area contributed by atoms with Gasteiger partial charge in [-0.1, -0.05) is 12.1 Å². The first-order valence-electron chi connectivity index (χ1n) is 8.44. The molecule has 1 aliphatic heterocycles. The molecule has 5 nitrogen and oxygen atoms in total. The van der Waals surface area contributed by atoms with Crippen LogP contribution in [-0.2, 0) is 22.6 Å². The van der Waals surface area contributed by atoms with Gasteiger partial charge in [0.25, 0.3) is 0 Å². The van der Waals surface area contributed by atoms with Crippen LogP contribution in [0.2, 0.25) is 0 Å². The molecule has 126 valence electrons. The van der Waals surface area contributed by atoms with Crippen LogP contribution in [0.4, 0.5) is 0 Å². The van der Waals surface area contributed by atoms with Crippen LogP contribution in [0.15, 0.2) is 49.1 Å². The van der Waals surface area contributed by atoms with Crippen molar-refractivity contribution in [2.45, 2.75) is 32.4 Å². The predicted molar refractivity (Wildman–Crippen MR) is 90.9 cm³/mol. The lowest BCUT2D eigenvalue weighted by atomic mass is 9.96. The van der Waals surface area contributed by atoms with Crippen molar-refractivity contribution in [3.05, 3.63) is 60.2 Å². The number of rotatable bonds is 6. The lowest BCUT2D eigenvalue weighted by molar-refractivity contribution is -0.134. The summed E-state index contributed by atoms with van der Waals surface area (Å²) >= 11 is 0. The summed E-state index contributed by atoms with van der Waals surface area (Å²) in [5.41, 5.74) is 2.09. The van der Waals surface area contributed by atoms with Crippen molar-refractivity contribution in [1.82, 2.24) is 14.9 Å². The number of hydrogen-bond donors (Lipinski definition) is 0. The molecule has 1 fully saturated rings. The van der Waals surface area contributed by atoms with Gasteiger partial charge in [0.2, 0.25) is 5.91 Å². The fourth-order valence-electron chi connectivity index (χ4n) is 2.98. The monoisotopic (exact) mass is 325 g/mol. The second kappa shape index (κ2) is 8.55. The number of carbonyl (C=O) groups is 1. The van der Waals surface area contributed by atoms with E-state index >= 15 is 0 Å². The molecule has 2 aromatic heterocycles. The Morgan fingerprint density at radius 2 is 1.62 bits per heavy atom. The average molecular weight is 325 g/mol. The number of nitrogens with zero attached hydrogens (tertiary/aromatic N) is 3. The van der Waals surface area contributed by atoms with E-state index in [0.29, 0.717) is 25.4 Å². The summed E-state index contributed by atoms with van der Waals surface area (Å²) in [6, 6.07) is 7.82. The first kappa shape index (κ1) is 16.6. The molecule has 24 heavy (non-hydrogen) atoms. The van der Waals surface area contributed by atoms with Gasteiger partial charge < -0.3 is 9.64 Å². The van der Waals surface area contributed by atoms with E-state index in [0.717, 1.165) is 37.2 Å². The van der Waals surface area contributed by atoms with Gasteiger partial charge >= 0.3 is 0 Å². The Morgan fingerprint density at radius 3 is 2.12 bits per heavy atom. The third-order valence-corrected chi connectivity index (χ3v) is 4.35. The Kier molecular flexibility index (Phi) is 5.90. The van der Waals surface area contributed by atoms with Crippen LogP contribution in [0.1, 0.15) is 30.4 Å². The first-order valence-corrected chi connectivity index (χ1v) is 8.44. The number of hydrogen-bond acceptors (Lipinski definition) is 4. The van der Waals surface area contributed by atoms with Crippen molar-refractivity contribution >= 4 is 5.91 Å². The zero-order valence-corrected chi connectivity index (χ0v) is 13.8. The number of carbonyl (C=O) groups excluding carboxylic acids is 1. The smallest absolute Gasteiger partial charge is 0.223 e. The van der Waals surface area contributed by atoms with Gasteiger partial charge in [0.15, 0.2) is 0 Å². The zero-order valence-electron chi connectivity index (χ0n) is 13.8. The standard InChI is InChI=1S/C19H23N3O2/c23-19(11-16-5-9-24-10-6-16)22(14-17-3-1-7-20-12-17)15-18-4-2-8-21-13-18/h1-4,7-8,12-13,16H,5-6,9-11,14-15H2. The predicted octanol–water partition coefficient (Wildman–Crippen LogP) is 2.82. The van der Waals surface area contributed by atoms with E-state index in [2.05, 4.69) is 9.97 Å². The van der Waals surface area contributed by atoms with Crippen LogP contribution in [0.25, 0.3) is 0 Å². The molecule has 0 aliphatic carbocycles. The molecule has 3 heterocycles. The molecule has 0 saturated carbocycles. The van der Waals surface area contributed by atoms with Crippen molar-refractivity contribution in [2.75, 3.05) is 13.2 Å². The Labute approximate surface area is 142 Å². The van der Waals surface area contributed by atoms with E-state index in [1.165, 1.54) is 0 Å². The highest BCUT2D eigenvalue weighted by atomic mass is 16.5. The summed E-state index contributed by atoms with van der Waals surface area (Å²) in [7, 11) is 0. The topological polar surface area (TPSA) is 55.3 Å². The number of pyridine rings is 2. The fraction of sp³-hybridized carbons (Fsp3) is 0.421. The van der Waals surface area contributed by atoms with Gasteiger partial charge in [-0.3, -0.25) is 14.8 Å². The summed E-state index contributed by atoms with van der Waals surface area (Å²) in [5, 5.41) is 0. The van der Waals surface area contributed by atoms with Gasteiger partial charge in [0.1, 0.15) is 0 Å². The molecule has 1 aliphatic rings. The third-order valence-electron chi connectivity index (χ3n) is 4.35. The fourth-order valence-corrected chi connectivity index (χ4v) is 2.98. The Bertz CT molecular complexity index is 586. The van der Waals surface area contributed by atoms with Gasteiger partial charge in [0, 0.05) is 57.5 Å². The van der Waals surface area contributed by atoms with E-state index < -0.39 is 0 Å². The second-order valence-corrected chi connectivity index (χ2v) is 6.23. The van der Waals surface area contributed by atoms with Crippen LogP contribution < -0.4 is 0 Å². The van der Waals surface area contributed by atoms with Crippen LogP contribution in [-0.4, -0.2) is 34.0 Å². The molecule has 0 radical (unpaired) electrons. The van der Waals surface area contributed by atoms with Gasteiger partial charge in [0.05, 0.1) is 0 Å². The summed E-state index contributed by atoms with van der Waals surface area (Å²) in [6.45, 7) is 2.68. The van der Waals surface area contributed by atoms with E-state index in [9.17, 15) is 4.79 Å². The quantitative estimate of drug-likeness (QED) is 0.819. The summed E-state index contributed by atoms with van der Waals surface area (Å²) < 4.78 is 5.39. The number of aromatic nitrogens is 2. The normalized spacial score (nSPS) is 15.2. The molecular weight excluding hydrogens is 302 g/mol. The molecule has 0 N–H and O–H groups in total. The van der Waals surface area contributed by atoms with Gasteiger partial charge in [-0.25, -0.2) is 0 Å². The van der Waals surface area contributed by atoms with Gasteiger partial charge in [-0.15, -0.1) is 0 Å². The summed E-state index contributed by atoms with van der Waals surface area (Å²) in [5.74, 6) is 0.617. The molecule has 0 atom stereocenters. The maximum absolute atomic E-state index is 12.9. The Hall–Kier alpha value is -2.27. The lowest BCUT2D eigenvalue weighted by Gasteiger charge is -2.27. The van der Waals surface area contributed by atoms with Crippen LogP contribution in [0.5, 0.6) is 0 Å². The third kappa shape index (κ3) is 4.86. The molecule has 0 aromatic carbocycles. The van der Waals surface area contributed by atoms with Crippen molar-refractivity contribution in [3.63, 3.8) is 0 Å².